The number of hydrogen-bond acceptors (Lipinski definition) is 1. The fourth-order valence-electron chi connectivity index (χ4n) is 0.483. The van der Waals surface area contributed by atoms with Crippen LogP contribution in [0.15, 0.2) is 22.9 Å². The van der Waals surface area contributed by atoms with Crippen LogP contribution in [-0.2, 0) is 5.92 Å². The number of halogens is 3. The molecule has 0 amide bonds. The summed E-state index contributed by atoms with van der Waals surface area (Å²) in [6, 6.07) is -1.10. The average Bonchev–Trinajstić information content (AvgIpc) is 1.97. The van der Waals surface area contributed by atoms with E-state index in [1.165, 1.54) is 0 Å². The lowest BCUT2D eigenvalue weighted by Gasteiger charge is -2.08. The highest BCUT2D eigenvalue weighted by atomic mass is 79.9. The average molecular weight is 225 g/mol. The van der Waals surface area contributed by atoms with Crippen LogP contribution in [0.2, 0.25) is 0 Å². The van der Waals surface area contributed by atoms with E-state index in [4.69, 9.17) is 4.11 Å². The minimum Gasteiger partial charge on any atom is -0.249 e. The quantitative estimate of drug-likeness (QED) is 0.669. The third-order valence-corrected chi connectivity index (χ3v) is 1.37. The molecule has 1 heterocycles. The third-order valence-electron chi connectivity index (χ3n) is 0.995. The first-order chi connectivity index (χ1) is 6.25. The summed E-state index contributed by atoms with van der Waals surface area (Å²) in [6.07, 6.45) is -0.676. The van der Waals surface area contributed by atoms with Gasteiger partial charge in [0.2, 0.25) is 0 Å². The van der Waals surface area contributed by atoms with E-state index in [2.05, 4.69) is 20.9 Å². The Hall–Kier alpha value is -0.510. The number of alkyl halides is 2. The highest BCUT2D eigenvalue weighted by Crippen LogP contribution is 2.26. The maximum Gasteiger partial charge on any atom is 0.272 e. The monoisotopic (exact) mass is 224 g/mol. The maximum atomic E-state index is 12.9. The first kappa shape index (κ1) is 5.19. The van der Waals surface area contributed by atoms with Gasteiger partial charge in [-0.1, -0.05) is 0 Å². The van der Waals surface area contributed by atoms with Crippen molar-refractivity contribution in [3.63, 3.8) is 0 Å². The van der Waals surface area contributed by atoms with Crippen molar-refractivity contribution in [2.45, 2.75) is 12.8 Å². The van der Waals surface area contributed by atoms with Crippen LogP contribution in [0.25, 0.3) is 0 Å². The van der Waals surface area contributed by atoms with Gasteiger partial charge in [0.05, 0.1) is 4.11 Å². The number of aromatic nitrogens is 1. The minimum absolute atomic E-state index is 0.0690. The van der Waals surface area contributed by atoms with E-state index in [1.807, 2.05) is 0 Å². The van der Waals surface area contributed by atoms with Gasteiger partial charge in [0.25, 0.3) is 5.92 Å². The molecule has 0 N–H and O–H groups in total. The molecule has 0 saturated carbocycles. The predicted octanol–water partition coefficient (Wildman–Crippen LogP) is 2.96. The van der Waals surface area contributed by atoms with Crippen molar-refractivity contribution in [3.05, 3.63) is 28.4 Å². The molecule has 60 valence electrons. The van der Waals surface area contributed by atoms with Gasteiger partial charge in [-0.3, -0.25) is 0 Å². The van der Waals surface area contributed by atoms with Crippen LogP contribution in [0.1, 0.15) is 16.6 Å². The summed E-state index contributed by atoms with van der Waals surface area (Å²) >= 11 is 2.81. The molecule has 0 unspecified atom stereocenters. The van der Waals surface area contributed by atoms with E-state index in [0.29, 0.717) is 6.92 Å². The maximum absolute atomic E-state index is 12.9. The second kappa shape index (κ2) is 2.85. The van der Waals surface area contributed by atoms with Gasteiger partial charge in [0.1, 0.15) is 4.60 Å². The molecule has 0 aromatic carbocycles. The van der Waals surface area contributed by atoms with Crippen molar-refractivity contribution in [2.24, 2.45) is 0 Å². The number of pyridine rings is 1. The van der Waals surface area contributed by atoms with E-state index in [-0.39, 0.29) is 4.60 Å². The number of rotatable bonds is 1. The first-order valence-corrected chi connectivity index (χ1v) is 3.56. The zero-order valence-electron chi connectivity index (χ0n) is 8.58. The van der Waals surface area contributed by atoms with Crippen LogP contribution in [0, 0.1) is 0 Å². The summed E-state index contributed by atoms with van der Waals surface area (Å²) in [6.45, 7) is 0.577. The molecule has 0 aliphatic carbocycles. The lowest BCUT2D eigenvalue weighted by Crippen LogP contribution is -2.06. The Morgan fingerprint density at radius 2 is 2.27 bits per heavy atom. The van der Waals surface area contributed by atoms with Crippen molar-refractivity contribution in [1.82, 2.24) is 4.98 Å². The summed E-state index contributed by atoms with van der Waals surface area (Å²) in [5, 5.41) is 0. The molecule has 1 aromatic heterocycles. The fourth-order valence-corrected chi connectivity index (χ4v) is 0.671. The van der Waals surface area contributed by atoms with Crippen molar-refractivity contribution < 1.29 is 12.9 Å². The highest BCUT2D eigenvalue weighted by Gasteiger charge is 2.23. The summed E-state index contributed by atoms with van der Waals surface area (Å²) < 4.78 is 47.5. The van der Waals surface area contributed by atoms with Gasteiger partial charge in [-0.25, -0.2) is 13.8 Å². The van der Waals surface area contributed by atoms with Crippen LogP contribution < -0.4 is 0 Å². The van der Waals surface area contributed by atoms with Gasteiger partial charge in [0.15, 0.2) is 0 Å². The Morgan fingerprint density at radius 1 is 1.64 bits per heavy atom. The predicted molar refractivity (Wildman–Crippen MR) is 41.5 cm³/mol. The smallest absolute Gasteiger partial charge is 0.249 e. The minimum atomic E-state index is -3.32. The topological polar surface area (TPSA) is 12.9 Å². The van der Waals surface area contributed by atoms with E-state index in [1.54, 1.807) is 0 Å². The van der Waals surface area contributed by atoms with Gasteiger partial charge < -0.3 is 0 Å². The molecule has 0 radical (unpaired) electrons. The molecular weight excluding hydrogens is 216 g/mol. The Morgan fingerprint density at radius 3 is 2.82 bits per heavy atom. The number of nitrogens with zero attached hydrogens (tertiary/aromatic N) is 1. The summed E-state index contributed by atoms with van der Waals surface area (Å²) in [5.74, 6) is -3.32. The molecule has 0 bridgehead atoms. The summed E-state index contributed by atoms with van der Waals surface area (Å²) in [7, 11) is 0. The van der Waals surface area contributed by atoms with E-state index in [0.717, 1.165) is 0 Å². The molecule has 0 spiro atoms. The first-order valence-electron chi connectivity index (χ1n) is 4.26. The Labute approximate surface area is 75.8 Å². The molecular formula is C7H6BrF2N. The van der Waals surface area contributed by atoms with Crippen molar-refractivity contribution in [2.75, 3.05) is 0 Å². The molecule has 11 heavy (non-hydrogen) atoms. The summed E-state index contributed by atoms with van der Waals surface area (Å²) in [4.78, 5) is 3.40. The lowest BCUT2D eigenvalue weighted by molar-refractivity contribution is 0.0171. The zero-order valence-corrected chi connectivity index (χ0v) is 7.17. The van der Waals surface area contributed by atoms with Gasteiger partial charge in [-0.2, -0.15) is 0 Å². The molecule has 0 saturated heterocycles. The molecule has 1 rings (SSSR count). The summed E-state index contributed by atoms with van der Waals surface area (Å²) in [5.41, 5.74) is -0.814. The van der Waals surface area contributed by atoms with Crippen LogP contribution >= 0.6 is 15.9 Å². The molecule has 0 aliphatic heterocycles. The molecule has 0 fully saturated rings. The van der Waals surface area contributed by atoms with Crippen LogP contribution in [-0.4, -0.2) is 4.98 Å². The van der Waals surface area contributed by atoms with E-state index < -0.39 is 29.7 Å². The third kappa shape index (κ3) is 2.22. The second-order valence-corrected chi connectivity index (χ2v) is 2.78. The molecule has 4 heteroatoms. The van der Waals surface area contributed by atoms with Crippen molar-refractivity contribution in [1.29, 1.82) is 0 Å². The molecule has 1 aromatic rings. The van der Waals surface area contributed by atoms with Crippen LogP contribution in [0.3, 0.4) is 0 Å². The van der Waals surface area contributed by atoms with Crippen LogP contribution in [0.5, 0.6) is 0 Å². The van der Waals surface area contributed by atoms with Crippen molar-refractivity contribution in [3.8, 4) is 0 Å². The van der Waals surface area contributed by atoms with Gasteiger partial charge in [-0.05, 0) is 28.0 Å². The van der Waals surface area contributed by atoms with E-state index >= 15 is 0 Å². The van der Waals surface area contributed by atoms with Crippen molar-refractivity contribution >= 4 is 15.9 Å². The SMILES string of the molecule is [2H]c1nc(Br)c([2H])c([2H])c1C(C)(F)F. The fraction of sp³-hybridized carbons (Fsp3) is 0.286. The largest absolute Gasteiger partial charge is 0.272 e. The van der Waals surface area contributed by atoms with Gasteiger partial charge >= 0.3 is 0 Å². The Kier molecular flexibility index (Phi) is 1.35. The normalized spacial score (nSPS) is 15.5. The highest BCUT2D eigenvalue weighted by molar-refractivity contribution is 9.10. The van der Waals surface area contributed by atoms with E-state index in [9.17, 15) is 8.78 Å². The Balaban J connectivity index is 3.53. The molecule has 0 aliphatic rings. The number of hydrogen-bond donors (Lipinski definition) is 0. The molecule has 0 atom stereocenters. The van der Waals surface area contributed by atoms with Crippen LogP contribution in [0.4, 0.5) is 8.78 Å². The lowest BCUT2D eigenvalue weighted by atomic mass is 10.2. The Bertz CT molecular complexity index is 378. The zero-order chi connectivity index (χ0) is 11.1. The molecule has 1 nitrogen and oxygen atoms in total. The van der Waals surface area contributed by atoms with Gasteiger partial charge in [-0.15, -0.1) is 0 Å². The standard InChI is InChI=1S/C7H6BrF2N/c1-7(9,10)5-2-3-6(8)11-4-5/h2-4H,1H3/i2D,3D,4D. The second-order valence-electron chi connectivity index (χ2n) is 2.03. The van der Waals surface area contributed by atoms with Gasteiger partial charge in [0, 0.05) is 18.7 Å².